The van der Waals surface area contributed by atoms with Gasteiger partial charge in [0.05, 0.1) is 0 Å². The lowest BCUT2D eigenvalue weighted by Gasteiger charge is -1.74. The van der Waals surface area contributed by atoms with Crippen LogP contribution in [0.4, 0.5) is 0 Å². The number of rotatable bonds is 0. The van der Waals surface area contributed by atoms with Gasteiger partial charge in [-0.05, 0) is 12.1 Å². The molecule has 0 bridgehead atoms. The second kappa shape index (κ2) is 2.22. The Balaban J connectivity index is 3.58. The van der Waals surface area contributed by atoms with E-state index in [0.717, 1.165) is 12.1 Å². The highest BCUT2D eigenvalue weighted by molar-refractivity contribution is 5.11. The predicted molar refractivity (Wildman–Crippen MR) is 41.5 cm³/mol. The van der Waals surface area contributed by atoms with E-state index in [4.69, 9.17) is 0 Å². The van der Waals surface area contributed by atoms with Crippen LogP contribution >= 0.6 is 0 Å². The van der Waals surface area contributed by atoms with Gasteiger partial charge in [0, 0.05) is 0 Å². The monoisotopic (exact) mass is 178 g/mol. The first-order valence-corrected chi connectivity index (χ1v) is 3.39. The van der Waals surface area contributed by atoms with Gasteiger partial charge in [-0.15, -0.1) is 0 Å². The molecule has 0 unspecified atom stereocenters. The number of hydrogen-bond acceptors (Lipinski definition) is 5. The van der Waals surface area contributed by atoms with Crippen LogP contribution < -0.4 is 22.1 Å². The van der Waals surface area contributed by atoms with E-state index in [0.29, 0.717) is 0 Å². The molecule has 0 saturated carbocycles. The van der Waals surface area contributed by atoms with Crippen molar-refractivity contribution in [1.82, 2.24) is 0 Å². The summed E-state index contributed by atoms with van der Waals surface area (Å²) in [7, 11) is 0. The van der Waals surface area contributed by atoms with Crippen molar-refractivity contribution in [2.75, 3.05) is 0 Å². The third kappa shape index (κ3) is 0.868. The molecule has 13 heavy (non-hydrogen) atoms. The molecule has 0 aromatic heterocycles. The molecular weight excluding hydrogens is 176 g/mol. The van der Waals surface area contributed by atoms with Crippen LogP contribution in [0.15, 0.2) is 35.7 Å². The van der Waals surface area contributed by atoms with Crippen molar-refractivity contribution < 1.29 is 4.42 Å². The Morgan fingerprint density at radius 2 is 1.15 bits per heavy atom. The van der Waals surface area contributed by atoms with Gasteiger partial charge in [0.2, 0.25) is 0 Å². The molecule has 5 nitrogen and oxygen atoms in total. The smallest absolute Gasteiger partial charge is 0.351 e. The van der Waals surface area contributed by atoms with E-state index in [2.05, 4.69) is 4.42 Å². The molecule has 0 atom stereocenters. The van der Waals surface area contributed by atoms with Gasteiger partial charge < -0.3 is 4.42 Å². The summed E-state index contributed by atoms with van der Waals surface area (Å²) in [5.41, 5.74) is -3.40. The Hall–Kier alpha value is -2.04. The molecule has 1 heterocycles. The first-order chi connectivity index (χ1) is 6.11. The van der Waals surface area contributed by atoms with Crippen molar-refractivity contribution in [2.45, 2.75) is 0 Å². The quantitative estimate of drug-likeness (QED) is 0.481. The molecule has 0 amide bonds. The molecule has 1 aliphatic heterocycles. The van der Waals surface area contributed by atoms with Crippen LogP contribution in [-0.2, 0) is 0 Å². The van der Waals surface area contributed by atoms with Gasteiger partial charge in [-0.25, -0.2) is 9.59 Å². The van der Waals surface area contributed by atoms with Crippen LogP contribution in [-0.4, -0.2) is 0 Å². The third-order valence-electron chi connectivity index (χ3n) is 1.72. The van der Waals surface area contributed by atoms with E-state index in [9.17, 15) is 19.2 Å². The third-order valence-corrected chi connectivity index (χ3v) is 1.72. The zero-order chi connectivity index (χ0) is 9.59. The summed E-state index contributed by atoms with van der Waals surface area (Å²) in [5, 5.41) is -0.894. The summed E-state index contributed by atoms with van der Waals surface area (Å²) in [6, 6.07) is 1.89. The van der Waals surface area contributed by atoms with E-state index < -0.39 is 32.5 Å². The van der Waals surface area contributed by atoms with Crippen molar-refractivity contribution in [2.24, 2.45) is 0 Å². The Morgan fingerprint density at radius 1 is 0.769 bits per heavy atom. The van der Waals surface area contributed by atoms with Crippen molar-refractivity contribution in [1.29, 1.82) is 0 Å². The Labute approximate surface area is 69.2 Å². The second-order valence-corrected chi connectivity index (χ2v) is 2.49. The first-order valence-electron chi connectivity index (χ1n) is 3.39. The zero-order valence-electron chi connectivity index (χ0n) is 6.20. The highest BCUT2D eigenvalue weighted by atomic mass is 16.4. The van der Waals surface area contributed by atoms with Crippen LogP contribution in [0.3, 0.4) is 0 Å². The van der Waals surface area contributed by atoms with Crippen LogP contribution in [0.25, 0.3) is 0 Å². The minimum Gasteiger partial charge on any atom is -0.385 e. The molecule has 0 radical (unpaired) electrons. The molecule has 0 aromatic rings. The predicted octanol–water partition coefficient (Wildman–Crippen LogP) is -1.68. The molecule has 5 heteroatoms. The van der Waals surface area contributed by atoms with Gasteiger partial charge in [0.15, 0.2) is 10.9 Å². The van der Waals surface area contributed by atoms with Gasteiger partial charge in [-0.2, -0.15) is 0 Å². The Bertz CT molecular complexity index is 653. The Morgan fingerprint density at radius 3 is 1.54 bits per heavy atom. The van der Waals surface area contributed by atoms with E-state index in [-0.39, 0.29) is 0 Å². The Kier molecular flexibility index (Phi) is 1.30. The molecule has 0 fully saturated rings. The number of hydrogen-bond donors (Lipinski definition) is 0. The van der Waals surface area contributed by atoms with Gasteiger partial charge in [-0.3, -0.25) is 9.59 Å². The average Bonchev–Trinajstić information content (AvgIpc) is 2.36. The lowest BCUT2D eigenvalue weighted by Crippen LogP contribution is -2.17. The second-order valence-electron chi connectivity index (χ2n) is 2.49. The minimum absolute atomic E-state index is 0.447. The summed E-state index contributed by atoms with van der Waals surface area (Å²) in [6.07, 6.45) is 0. The van der Waals surface area contributed by atoms with E-state index >= 15 is 0 Å². The SMILES string of the molecule is O=c1ccc(=O)c2c(=O)oc(=O)c1=2. The van der Waals surface area contributed by atoms with Crippen molar-refractivity contribution >= 4 is 0 Å². The summed E-state index contributed by atoms with van der Waals surface area (Å²) in [4.78, 5) is 43.8. The largest absolute Gasteiger partial charge is 0.385 e. The topological polar surface area (TPSA) is 81.4 Å². The van der Waals surface area contributed by atoms with Gasteiger partial charge >= 0.3 is 11.3 Å². The molecule has 1 aliphatic carbocycles. The van der Waals surface area contributed by atoms with Gasteiger partial charge in [0.25, 0.3) is 0 Å². The van der Waals surface area contributed by atoms with Crippen LogP contribution in [0.2, 0.25) is 0 Å². The van der Waals surface area contributed by atoms with Gasteiger partial charge in [0.1, 0.15) is 10.4 Å². The fraction of sp³-hybridized carbons (Fsp3) is 0. The summed E-state index contributed by atoms with van der Waals surface area (Å²) in [6.45, 7) is 0. The summed E-state index contributed by atoms with van der Waals surface area (Å²) < 4.78 is 4.12. The molecular formula is C8H2O5. The zero-order valence-corrected chi connectivity index (χ0v) is 6.20. The molecule has 64 valence electrons. The minimum atomic E-state index is -1.04. The molecule has 0 aromatic carbocycles. The first kappa shape index (κ1) is 7.60. The van der Waals surface area contributed by atoms with Crippen molar-refractivity contribution in [3.63, 3.8) is 0 Å². The maximum Gasteiger partial charge on any atom is 0.351 e. The molecule has 0 N–H and O–H groups in total. The maximum atomic E-state index is 11.0. The standard InChI is InChI=1S/C8H2O5/c9-3-1-2-4(10)6-5(3)7(11)13-8(6)12/h1-2H. The highest BCUT2D eigenvalue weighted by Crippen LogP contribution is 1.75. The van der Waals surface area contributed by atoms with Gasteiger partial charge in [-0.1, -0.05) is 0 Å². The van der Waals surface area contributed by atoms with E-state index in [1.807, 2.05) is 0 Å². The lowest BCUT2D eigenvalue weighted by atomic mass is 10.2. The fourth-order valence-electron chi connectivity index (χ4n) is 1.16. The van der Waals surface area contributed by atoms with Crippen molar-refractivity contribution in [3.8, 4) is 0 Å². The lowest BCUT2D eigenvalue weighted by molar-refractivity contribution is 0.488. The summed E-state index contributed by atoms with van der Waals surface area (Å²) in [5.74, 6) is 0. The van der Waals surface area contributed by atoms with Crippen LogP contribution in [0.1, 0.15) is 0 Å². The molecule has 0 saturated heterocycles. The summed E-state index contributed by atoms with van der Waals surface area (Å²) >= 11 is 0. The molecule has 2 aliphatic rings. The maximum absolute atomic E-state index is 11.0. The van der Waals surface area contributed by atoms with Crippen molar-refractivity contribution in [3.05, 3.63) is 63.9 Å². The van der Waals surface area contributed by atoms with E-state index in [1.165, 1.54) is 0 Å². The highest BCUT2D eigenvalue weighted by Gasteiger charge is 2.09. The molecule has 2 rings (SSSR count). The van der Waals surface area contributed by atoms with Crippen LogP contribution in [0, 0.1) is 10.4 Å². The van der Waals surface area contributed by atoms with E-state index in [1.54, 1.807) is 0 Å². The molecule has 0 spiro atoms. The van der Waals surface area contributed by atoms with Crippen LogP contribution in [0.5, 0.6) is 0 Å². The average molecular weight is 178 g/mol. The fourth-order valence-corrected chi connectivity index (χ4v) is 1.16. The normalized spacial score (nSPS) is 10.8.